The van der Waals surface area contributed by atoms with E-state index in [2.05, 4.69) is 16.9 Å². The van der Waals surface area contributed by atoms with Crippen LogP contribution in [0.4, 0.5) is 4.39 Å². The van der Waals surface area contributed by atoms with Gasteiger partial charge in [0.1, 0.15) is 5.82 Å². The fraction of sp³-hybridized carbons (Fsp3) is 0.421. The zero-order valence-corrected chi connectivity index (χ0v) is 15.5. The molecular weight excluding hydrogens is 353 g/mol. The molecule has 26 heavy (non-hydrogen) atoms. The van der Waals surface area contributed by atoms with Crippen LogP contribution in [0.1, 0.15) is 31.0 Å². The molecule has 2 heterocycles. The van der Waals surface area contributed by atoms with Gasteiger partial charge in [0.15, 0.2) is 5.16 Å². The molecule has 0 spiro atoms. The smallest absolute Gasteiger partial charge is 0.251 e. The van der Waals surface area contributed by atoms with Crippen molar-refractivity contribution >= 4 is 17.7 Å². The van der Waals surface area contributed by atoms with Gasteiger partial charge in [-0.05, 0) is 36.5 Å². The molecule has 1 N–H and O–H groups in total. The van der Waals surface area contributed by atoms with Crippen LogP contribution in [0.25, 0.3) is 0 Å². The van der Waals surface area contributed by atoms with Crippen LogP contribution in [0.5, 0.6) is 0 Å². The summed E-state index contributed by atoms with van der Waals surface area (Å²) in [6.45, 7) is 3.75. The average Bonchev–Trinajstić information content (AvgIpc) is 2.61. The number of hydrogen-bond donors (Lipinski definition) is 1. The minimum atomic E-state index is -0.280. The number of nitrogens with one attached hydrogen (secondary N) is 1. The standard InChI is InChI=1S/C19H22FN3O2S/c1-13-6-8-23(9-7-13)18(25)11-16-10-17(24)22-19(21-16)26-12-14-2-4-15(20)5-3-14/h2-5,10,13H,6-9,11-12H2,1H3,(H,21,22,24). The third kappa shape index (κ3) is 5.17. The highest BCUT2D eigenvalue weighted by atomic mass is 32.2. The minimum Gasteiger partial charge on any atom is -0.342 e. The number of aromatic amines is 1. The number of rotatable bonds is 5. The highest BCUT2D eigenvalue weighted by Gasteiger charge is 2.21. The molecule has 2 aromatic rings. The highest BCUT2D eigenvalue weighted by Crippen LogP contribution is 2.20. The lowest BCUT2D eigenvalue weighted by molar-refractivity contribution is -0.131. The van der Waals surface area contributed by atoms with Gasteiger partial charge in [-0.2, -0.15) is 0 Å². The summed E-state index contributed by atoms with van der Waals surface area (Å²) in [5, 5.41) is 0.469. The molecule has 0 aliphatic carbocycles. The number of amides is 1. The van der Waals surface area contributed by atoms with Crippen LogP contribution in [0.2, 0.25) is 0 Å². The van der Waals surface area contributed by atoms with E-state index in [4.69, 9.17) is 0 Å². The Hall–Kier alpha value is -2.15. The number of aromatic nitrogens is 2. The van der Waals surface area contributed by atoms with E-state index in [0.717, 1.165) is 31.5 Å². The Balaban J connectivity index is 1.62. The molecule has 1 aromatic heterocycles. The summed E-state index contributed by atoms with van der Waals surface area (Å²) in [6, 6.07) is 7.59. The lowest BCUT2D eigenvalue weighted by atomic mass is 9.99. The van der Waals surface area contributed by atoms with Crippen LogP contribution in [-0.2, 0) is 17.0 Å². The van der Waals surface area contributed by atoms with Gasteiger partial charge in [-0.3, -0.25) is 9.59 Å². The number of H-pyrrole nitrogens is 1. The number of nitrogens with zero attached hydrogens (tertiary/aromatic N) is 2. The van der Waals surface area contributed by atoms with Gasteiger partial charge in [0, 0.05) is 24.9 Å². The molecule has 5 nitrogen and oxygen atoms in total. The lowest BCUT2D eigenvalue weighted by Crippen LogP contribution is -2.39. The molecule has 1 aliphatic rings. The van der Waals surface area contributed by atoms with Crippen LogP contribution in [0.15, 0.2) is 40.3 Å². The summed E-state index contributed by atoms with van der Waals surface area (Å²) in [5.74, 6) is 0.957. The quantitative estimate of drug-likeness (QED) is 0.644. The fourth-order valence-corrected chi connectivity index (χ4v) is 3.75. The van der Waals surface area contributed by atoms with E-state index in [9.17, 15) is 14.0 Å². The van der Waals surface area contributed by atoms with Crippen LogP contribution in [-0.4, -0.2) is 33.9 Å². The summed E-state index contributed by atoms with van der Waals surface area (Å²) in [6.07, 6.45) is 2.18. The van der Waals surface area contributed by atoms with E-state index >= 15 is 0 Å². The molecule has 138 valence electrons. The zero-order chi connectivity index (χ0) is 18.5. The number of halogens is 1. The Kier molecular flexibility index (Phi) is 6.08. The van der Waals surface area contributed by atoms with Crippen LogP contribution in [0.3, 0.4) is 0 Å². The summed E-state index contributed by atoms with van der Waals surface area (Å²) in [7, 11) is 0. The number of likely N-dealkylation sites (tertiary alicyclic amines) is 1. The number of thioether (sulfide) groups is 1. The molecule has 0 atom stereocenters. The Labute approximate surface area is 156 Å². The van der Waals surface area contributed by atoms with E-state index in [0.29, 0.717) is 22.5 Å². The second-order valence-electron chi connectivity index (χ2n) is 6.70. The van der Waals surface area contributed by atoms with Crippen molar-refractivity contribution in [3.63, 3.8) is 0 Å². The van der Waals surface area contributed by atoms with Crippen molar-refractivity contribution in [1.82, 2.24) is 14.9 Å². The summed E-state index contributed by atoms with van der Waals surface area (Å²) < 4.78 is 12.9. The third-order valence-electron chi connectivity index (χ3n) is 4.53. The van der Waals surface area contributed by atoms with Crippen molar-refractivity contribution in [3.05, 3.63) is 57.8 Å². The fourth-order valence-electron chi connectivity index (χ4n) is 2.90. The van der Waals surface area contributed by atoms with Crippen molar-refractivity contribution in [3.8, 4) is 0 Å². The predicted molar refractivity (Wildman–Crippen MR) is 99.5 cm³/mol. The number of hydrogen-bond acceptors (Lipinski definition) is 4. The first kappa shape index (κ1) is 18.6. The van der Waals surface area contributed by atoms with Gasteiger partial charge in [-0.1, -0.05) is 30.8 Å². The first-order chi connectivity index (χ1) is 12.5. The van der Waals surface area contributed by atoms with Crippen molar-refractivity contribution in [2.24, 2.45) is 5.92 Å². The molecule has 1 saturated heterocycles. The number of carbonyl (C=O) groups is 1. The number of carbonyl (C=O) groups excluding carboxylic acids is 1. The number of piperidine rings is 1. The Morgan fingerprint density at radius 1 is 1.31 bits per heavy atom. The summed E-state index contributed by atoms with van der Waals surface area (Å²) >= 11 is 1.36. The minimum absolute atomic E-state index is 0.0180. The Morgan fingerprint density at radius 3 is 2.69 bits per heavy atom. The van der Waals surface area contributed by atoms with Gasteiger partial charge in [0.25, 0.3) is 5.56 Å². The van der Waals surface area contributed by atoms with Gasteiger partial charge in [-0.15, -0.1) is 0 Å². The molecule has 0 saturated carbocycles. The highest BCUT2D eigenvalue weighted by molar-refractivity contribution is 7.98. The zero-order valence-electron chi connectivity index (χ0n) is 14.7. The SMILES string of the molecule is CC1CCN(C(=O)Cc2cc(=O)[nH]c(SCc3ccc(F)cc3)n2)CC1. The van der Waals surface area contributed by atoms with Gasteiger partial charge in [0.2, 0.25) is 5.91 Å². The Morgan fingerprint density at radius 2 is 2.00 bits per heavy atom. The molecule has 0 unspecified atom stereocenters. The monoisotopic (exact) mass is 375 g/mol. The normalized spacial score (nSPS) is 15.2. The lowest BCUT2D eigenvalue weighted by Gasteiger charge is -2.30. The molecule has 1 aromatic carbocycles. The van der Waals surface area contributed by atoms with Crippen LogP contribution >= 0.6 is 11.8 Å². The van der Waals surface area contributed by atoms with Crippen molar-refractivity contribution < 1.29 is 9.18 Å². The third-order valence-corrected chi connectivity index (χ3v) is 5.47. The average molecular weight is 375 g/mol. The largest absolute Gasteiger partial charge is 0.342 e. The first-order valence-electron chi connectivity index (χ1n) is 8.75. The molecule has 1 fully saturated rings. The van der Waals surface area contributed by atoms with E-state index in [1.165, 1.54) is 30.0 Å². The molecule has 1 amide bonds. The van der Waals surface area contributed by atoms with E-state index < -0.39 is 0 Å². The number of benzene rings is 1. The maximum Gasteiger partial charge on any atom is 0.251 e. The molecule has 0 radical (unpaired) electrons. The van der Waals surface area contributed by atoms with Crippen molar-refractivity contribution in [2.45, 2.75) is 37.1 Å². The van der Waals surface area contributed by atoms with Crippen molar-refractivity contribution in [1.29, 1.82) is 0 Å². The second-order valence-corrected chi connectivity index (χ2v) is 7.66. The Bertz CT molecular complexity index is 814. The summed E-state index contributed by atoms with van der Waals surface area (Å²) in [4.78, 5) is 33.3. The summed E-state index contributed by atoms with van der Waals surface area (Å²) in [5.41, 5.74) is 1.15. The molecule has 1 aliphatic heterocycles. The molecular formula is C19H22FN3O2S. The van der Waals surface area contributed by atoms with Crippen LogP contribution < -0.4 is 5.56 Å². The maximum absolute atomic E-state index is 12.9. The second kappa shape index (κ2) is 8.49. The predicted octanol–water partition coefficient (Wildman–Crippen LogP) is 3.00. The van der Waals surface area contributed by atoms with Gasteiger partial charge in [-0.25, -0.2) is 9.37 Å². The van der Waals surface area contributed by atoms with Gasteiger partial charge < -0.3 is 9.88 Å². The van der Waals surface area contributed by atoms with Crippen molar-refractivity contribution in [2.75, 3.05) is 13.1 Å². The van der Waals surface area contributed by atoms with E-state index in [-0.39, 0.29) is 23.7 Å². The molecule has 3 rings (SSSR count). The molecule has 0 bridgehead atoms. The van der Waals surface area contributed by atoms with E-state index in [1.54, 1.807) is 12.1 Å². The molecule has 7 heteroatoms. The van der Waals surface area contributed by atoms with E-state index in [1.807, 2.05) is 4.90 Å². The van der Waals surface area contributed by atoms with Gasteiger partial charge in [0.05, 0.1) is 12.1 Å². The first-order valence-corrected chi connectivity index (χ1v) is 9.73. The maximum atomic E-state index is 12.9. The van der Waals surface area contributed by atoms with Gasteiger partial charge >= 0.3 is 0 Å². The topological polar surface area (TPSA) is 66.1 Å². The van der Waals surface area contributed by atoms with Crippen LogP contribution in [0, 0.1) is 11.7 Å².